The zero-order valence-corrected chi connectivity index (χ0v) is 36.5. The molecule has 8 atom stereocenters. The van der Waals surface area contributed by atoms with Crippen LogP contribution in [0.1, 0.15) is 55.8 Å². The number of fused-ring (bicyclic) bond motifs is 1. The molecule has 0 bridgehead atoms. The SMILES string of the molecule is C[C@@H](O)[C@H](NC(=O)[C@@H]1CCCN1C(=O)[C@H](Cc1c[nH]c2ccccc12)NC(=O)[C@H](CC(N)=O)NC(=O)[C@H](CCC(=O)O)NC(=O)[C@H](Cc1cnc[nH]1)NC(=O)[C@@H](N)Cc1ccccc1)C(=O)O. The summed E-state index contributed by atoms with van der Waals surface area (Å²) in [6.07, 6.45) is 1.10. The maximum absolute atomic E-state index is 14.5. The fourth-order valence-electron chi connectivity index (χ4n) is 7.69. The van der Waals surface area contributed by atoms with E-state index in [1.54, 1.807) is 60.8 Å². The summed E-state index contributed by atoms with van der Waals surface area (Å²) < 4.78 is 0. The Kier molecular flexibility index (Phi) is 17.7. The molecular formula is C44H55N11O12. The molecule has 3 heterocycles. The zero-order chi connectivity index (χ0) is 48.8. The van der Waals surface area contributed by atoms with E-state index < -0.39 is 121 Å². The van der Waals surface area contributed by atoms with Crippen LogP contribution in [0.3, 0.4) is 0 Å². The van der Waals surface area contributed by atoms with Gasteiger partial charge in [0.2, 0.25) is 41.4 Å². The van der Waals surface area contributed by atoms with Gasteiger partial charge < -0.3 is 68.2 Å². The minimum atomic E-state index is -1.80. The van der Waals surface area contributed by atoms with Crippen LogP contribution >= 0.6 is 0 Å². The van der Waals surface area contributed by atoms with E-state index in [0.717, 1.165) is 5.56 Å². The van der Waals surface area contributed by atoms with Crippen molar-refractivity contribution >= 4 is 64.2 Å². The van der Waals surface area contributed by atoms with Gasteiger partial charge in [0.15, 0.2) is 6.04 Å². The molecule has 0 aliphatic carbocycles. The molecule has 4 aromatic rings. The second kappa shape index (κ2) is 23.5. The number of imidazole rings is 1. The highest BCUT2D eigenvalue weighted by atomic mass is 16.4. The average Bonchev–Trinajstić information content (AvgIpc) is 4.08. The normalized spacial score (nSPS) is 16.6. The number of carboxylic acids is 2. The monoisotopic (exact) mass is 929 g/mol. The topological polar surface area (TPSA) is 374 Å². The first-order chi connectivity index (χ1) is 31.9. The number of para-hydroxylation sites is 1. The van der Waals surface area contributed by atoms with Crippen LogP contribution in [-0.2, 0) is 62.4 Å². The van der Waals surface area contributed by atoms with Crippen molar-refractivity contribution in [1.29, 1.82) is 0 Å². The predicted octanol–water partition coefficient (Wildman–Crippen LogP) is -2.13. The van der Waals surface area contributed by atoms with Gasteiger partial charge in [0, 0.05) is 54.8 Å². The highest BCUT2D eigenvalue weighted by Crippen LogP contribution is 2.23. The van der Waals surface area contributed by atoms with Crippen molar-refractivity contribution in [3.05, 3.63) is 90.1 Å². The van der Waals surface area contributed by atoms with E-state index in [9.17, 15) is 58.5 Å². The first kappa shape index (κ1) is 50.3. The van der Waals surface area contributed by atoms with Gasteiger partial charge in [-0.1, -0.05) is 48.5 Å². The number of benzene rings is 2. The molecule has 0 saturated carbocycles. The van der Waals surface area contributed by atoms with E-state index in [1.165, 1.54) is 24.3 Å². The Morgan fingerprint density at radius 3 is 2.09 bits per heavy atom. The summed E-state index contributed by atoms with van der Waals surface area (Å²) in [6, 6.07) is 5.65. The molecular weight excluding hydrogens is 875 g/mol. The maximum Gasteiger partial charge on any atom is 0.328 e. The summed E-state index contributed by atoms with van der Waals surface area (Å²) in [6.45, 7) is 1.20. The first-order valence-electron chi connectivity index (χ1n) is 21.5. The van der Waals surface area contributed by atoms with Crippen LogP contribution in [0.2, 0.25) is 0 Å². The van der Waals surface area contributed by atoms with Crippen LogP contribution in [-0.4, -0.2) is 143 Å². The summed E-state index contributed by atoms with van der Waals surface area (Å²) in [4.78, 5) is 130. The van der Waals surface area contributed by atoms with E-state index in [2.05, 4.69) is 41.5 Å². The molecule has 0 unspecified atom stereocenters. The Morgan fingerprint density at radius 2 is 1.43 bits per heavy atom. The third-order valence-corrected chi connectivity index (χ3v) is 11.2. The Balaban J connectivity index is 1.38. The van der Waals surface area contributed by atoms with Gasteiger partial charge in [-0.3, -0.25) is 38.4 Å². The first-order valence-corrected chi connectivity index (χ1v) is 21.5. The lowest BCUT2D eigenvalue weighted by Crippen LogP contribution is -2.60. The van der Waals surface area contributed by atoms with Crippen molar-refractivity contribution in [3.63, 3.8) is 0 Å². The number of carbonyl (C=O) groups is 9. The molecule has 1 fully saturated rings. The molecule has 1 saturated heterocycles. The van der Waals surface area contributed by atoms with Crippen LogP contribution in [0, 0.1) is 0 Å². The van der Waals surface area contributed by atoms with Crippen molar-refractivity contribution in [2.45, 2.75) is 107 Å². The van der Waals surface area contributed by atoms with E-state index in [-0.39, 0.29) is 32.2 Å². The molecule has 7 amide bonds. The number of nitrogens with one attached hydrogen (secondary N) is 7. The Labute approximate surface area is 383 Å². The quantitative estimate of drug-likeness (QED) is 0.0357. The minimum absolute atomic E-state index is 0.0246. The minimum Gasteiger partial charge on any atom is -0.481 e. The van der Waals surface area contributed by atoms with E-state index >= 15 is 0 Å². The number of carboxylic acid groups (broad SMARTS) is 2. The molecule has 1 aliphatic rings. The molecule has 2 aromatic heterocycles. The second-order valence-corrected chi connectivity index (χ2v) is 16.2. The van der Waals surface area contributed by atoms with Crippen molar-refractivity contribution < 1.29 is 58.5 Å². The van der Waals surface area contributed by atoms with Crippen molar-refractivity contribution in [2.75, 3.05) is 6.54 Å². The number of aromatic nitrogens is 3. The highest BCUT2D eigenvalue weighted by molar-refractivity contribution is 5.99. The van der Waals surface area contributed by atoms with Crippen LogP contribution in [0.4, 0.5) is 0 Å². The highest BCUT2D eigenvalue weighted by Gasteiger charge is 2.41. The summed E-state index contributed by atoms with van der Waals surface area (Å²) in [7, 11) is 0. The van der Waals surface area contributed by atoms with E-state index in [0.29, 0.717) is 28.6 Å². The maximum atomic E-state index is 14.5. The Bertz CT molecular complexity index is 2410. The number of primary amides is 1. The third kappa shape index (κ3) is 14.2. The number of nitrogens with two attached hydrogens (primary N) is 2. The van der Waals surface area contributed by atoms with E-state index in [1.807, 2.05) is 0 Å². The van der Waals surface area contributed by atoms with Gasteiger partial charge in [0.1, 0.15) is 30.2 Å². The summed E-state index contributed by atoms with van der Waals surface area (Å²) in [5, 5.41) is 42.0. The standard InChI is InChI=1S/C44H55N11O12/c1-23(56)37(44(66)67)54-42(64)34-12-7-15-55(34)43(65)33(17-25-20-48-29-11-6-5-10-27(25)29)53-41(63)32(19-35(46)57)52-39(61)30(13-14-36(58)59)50-40(62)31(18-26-21-47-22-49-26)51-38(60)28(45)16-24-8-3-2-4-9-24/h2-6,8-11,20-23,28,30-34,37,48,56H,7,12-19,45H2,1H3,(H2,46,57)(H,47,49)(H,50,62)(H,51,60)(H,52,61)(H,53,63)(H,54,64)(H,58,59)(H,66,67)/t23-,28+,30+,31+,32+,33+,34+,37+/m1/s1. The summed E-state index contributed by atoms with van der Waals surface area (Å²) in [5.41, 5.74) is 14.1. The van der Waals surface area contributed by atoms with Gasteiger partial charge in [0.05, 0.1) is 24.9 Å². The van der Waals surface area contributed by atoms with Crippen molar-refractivity contribution in [1.82, 2.24) is 46.4 Å². The number of carbonyl (C=O) groups excluding carboxylic acids is 7. The van der Waals surface area contributed by atoms with Gasteiger partial charge in [0.25, 0.3) is 0 Å². The number of aliphatic hydroxyl groups excluding tert-OH is 1. The lowest BCUT2D eigenvalue weighted by molar-refractivity contribution is -0.147. The largest absolute Gasteiger partial charge is 0.481 e. The molecule has 67 heavy (non-hydrogen) atoms. The van der Waals surface area contributed by atoms with Gasteiger partial charge in [-0.2, -0.15) is 0 Å². The number of aliphatic hydroxyl groups is 1. The molecule has 5 rings (SSSR count). The number of rotatable bonds is 24. The van der Waals surface area contributed by atoms with Crippen LogP contribution in [0.5, 0.6) is 0 Å². The van der Waals surface area contributed by atoms with Crippen molar-refractivity contribution in [2.24, 2.45) is 11.5 Å². The fourth-order valence-corrected chi connectivity index (χ4v) is 7.69. The lowest BCUT2D eigenvalue weighted by atomic mass is 10.0. The third-order valence-electron chi connectivity index (χ3n) is 11.2. The number of amides is 7. The summed E-state index contributed by atoms with van der Waals surface area (Å²) in [5.74, 6) is -9.40. The van der Waals surface area contributed by atoms with Crippen LogP contribution in [0.25, 0.3) is 10.9 Å². The van der Waals surface area contributed by atoms with E-state index in [4.69, 9.17) is 11.5 Å². The second-order valence-electron chi connectivity index (χ2n) is 16.2. The van der Waals surface area contributed by atoms with Crippen LogP contribution in [0.15, 0.2) is 73.3 Å². The Morgan fingerprint density at radius 1 is 0.791 bits per heavy atom. The molecule has 0 radical (unpaired) electrons. The predicted molar refractivity (Wildman–Crippen MR) is 237 cm³/mol. The number of nitrogens with zero attached hydrogens (tertiary/aromatic N) is 2. The molecule has 0 spiro atoms. The molecule has 1 aliphatic heterocycles. The average molecular weight is 930 g/mol. The summed E-state index contributed by atoms with van der Waals surface area (Å²) >= 11 is 0. The molecule has 23 nitrogen and oxygen atoms in total. The number of aliphatic carboxylic acids is 2. The van der Waals surface area contributed by atoms with Gasteiger partial charge >= 0.3 is 11.9 Å². The lowest BCUT2D eigenvalue weighted by Gasteiger charge is -2.31. The number of H-pyrrole nitrogens is 2. The van der Waals surface area contributed by atoms with Crippen molar-refractivity contribution in [3.8, 4) is 0 Å². The smallest absolute Gasteiger partial charge is 0.328 e. The molecule has 23 heteroatoms. The van der Waals surface area contributed by atoms with Gasteiger partial charge in [-0.15, -0.1) is 0 Å². The fraction of sp³-hybridized carbons (Fsp3) is 0.409. The number of hydrogen-bond acceptors (Lipinski definition) is 12. The molecule has 14 N–H and O–H groups in total. The number of aromatic amines is 2. The Hall–Kier alpha value is -7.66. The molecule has 358 valence electrons. The zero-order valence-electron chi connectivity index (χ0n) is 36.5. The number of hydrogen-bond donors (Lipinski definition) is 12. The van der Waals surface area contributed by atoms with Gasteiger partial charge in [-0.25, -0.2) is 9.78 Å². The van der Waals surface area contributed by atoms with Gasteiger partial charge in [-0.05, 0) is 49.8 Å². The van der Waals surface area contributed by atoms with Crippen LogP contribution < -0.4 is 38.1 Å². The molecule has 2 aromatic carbocycles. The number of likely N-dealkylation sites (tertiary alicyclic amines) is 1.